The second kappa shape index (κ2) is 7.38. The predicted molar refractivity (Wildman–Crippen MR) is 76.9 cm³/mol. The molecule has 2 rings (SSSR count). The topological polar surface area (TPSA) is 50.4 Å². The lowest BCUT2D eigenvalue weighted by molar-refractivity contribution is -0.137. The highest BCUT2D eigenvalue weighted by molar-refractivity contribution is 5.80. The summed E-state index contributed by atoms with van der Waals surface area (Å²) >= 11 is 0. The van der Waals surface area contributed by atoms with E-state index in [-0.39, 0.29) is 12.6 Å². The van der Waals surface area contributed by atoms with Crippen LogP contribution in [-0.2, 0) is 4.79 Å². The van der Waals surface area contributed by atoms with Crippen molar-refractivity contribution in [3.8, 4) is 5.75 Å². The lowest BCUT2D eigenvalue weighted by atomic mass is 10.2. The van der Waals surface area contributed by atoms with Gasteiger partial charge in [-0.15, -0.1) is 0 Å². The Morgan fingerprint density at radius 2 is 2.00 bits per heavy atom. The van der Waals surface area contributed by atoms with Crippen molar-refractivity contribution in [2.75, 3.05) is 18.4 Å². The van der Waals surface area contributed by atoms with Gasteiger partial charge in [0.2, 0.25) is 5.91 Å². The summed E-state index contributed by atoms with van der Waals surface area (Å²) in [5, 5.41) is 4.60. The Morgan fingerprint density at radius 3 is 2.68 bits per heavy atom. The molecular formula is C15H19F3N2O2. The molecular weight excluding hydrogens is 297 g/mol. The van der Waals surface area contributed by atoms with Crippen LogP contribution in [0.1, 0.15) is 25.7 Å². The number of alkyl halides is 3. The van der Waals surface area contributed by atoms with E-state index in [4.69, 9.17) is 4.74 Å². The zero-order chi connectivity index (χ0) is 16.0. The van der Waals surface area contributed by atoms with Crippen LogP contribution in [0.15, 0.2) is 24.3 Å². The minimum absolute atomic E-state index is 0.219. The van der Waals surface area contributed by atoms with Gasteiger partial charge in [0.05, 0.1) is 12.6 Å². The Balaban J connectivity index is 1.78. The number of ether oxygens (including phenoxy) is 1. The summed E-state index contributed by atoms with van der Waals surface area (Å²) in [6, 6.07) is 7.08. The van der Waals surface area contributed by atoms with Gasteiger partial charge in [-0.05, 0) is 37.8 Å². The van der Waals surface area contributed by atoms with Crippen LogP contribution in [0.5, 0.6) is 5.75 Å². The maximum Gasteiger partial charge on any atom is 0.405 e. The molecule has 0 saturated heterocycles. The quantitative estimate of drug-likeness (QED) is 0.848. The summed E-state index contributed by atoms with van der Waals surface area (Å²) in [5.41, 5.74) is 0.637. The van der Waals surface area contributed by atoms with E-state index in [1.165, 1.54) is 12.8 Å². The van der Waals surface area contributed by atoms with Crippen molar-refractivity contribution in [3.05, 3.63) is 24.3 Å². The van der Waals surface area contributed by atoms with Crippen molar-refractivity contribution < 1.29 is 22.7 Å². The largest absolute Gasteiger partial charge is 0.490 e. The van der Waals surface area contributed by atoms with Gasteiger partial charge in [0.1, 0.15) is 12.3 Å². The van der Waals surface area contributed by atoms with Gasteiger partial charge >= 0.3 is 6.18 Å². The molecule has 1 aliphatic carbocycles. The standard InChI is InChI=1S/C15H19F3N2O2/c16-15(17,18)10-20-14(21)9-19-11-4-3-7-13(8-11)22-12-5-1-2-6-12/h3-4,7-8,12,19H,1-2,5-6,9-10H2,(H,20,21). The molecule has 0 aliphatic heterocycles. The summed E-state index contributed by atoms with van der Waals surface area (Å²) in [6.07, 6.45) is 0.245. The van der Waals surface area contributed by atoms with Gasteiger partial charge in [-0.3, -0.25) is 4.79 Å². The first kappa shape index (κ1) is 16.5. The predicted octanol–water partition coefficient (Wildman–Crippen LogP) is 3.10. The molecule has 122 valence electrons. The molecule has 1 aromatic rings. The van der Waals surface area contributed by atoms with Crippen molar-refractivity contribution in [1.29, 1.82) is 0 Å². The van der Waals surface area contributed by atoms with Crippen LogP contribution in [0.25, 0.3) is 0 Å². The number of amides is 1. The molecule has 0 aromatic heterocycles. The number of hydrogen-bond acceptors (Lipinski definition) is 3. The normalized spacial score (nSPS) is 15.6. The monoisotopic (exact) mass is 316 g/mol. The van der Waals surface area contributed by atoms with Gasteiger partial charge in [0, 0.05) is 11.8 Å². The van der Waals surface area contributed by atoms with Crippen molar-refractivity contribution in [2.24, 2.45) is 0 Å². The number of carbonyl (C=O) groups is 1. The molecule has 1 aliphatic rings. The van der Waals surface area contributed by atoms with Crippen molar-refractivity contribution >= 4 is 11.6 Å². The summed E-state index contributed by atoms with van der Waals surface area (Å²) < 4.78 is 41.7. The first-order valence-corrected chi connectivity index (χ1v) is 7.26. The van der Waals surface area contributed by atoms with Crippen molar-refractivity contribution in [2.45, 2.75) is 38.0 Å². The molecule has 1 saturated carbocycles. The van der Waals surface area contributed by atoms with E-state index in [2.05, 4.69) is 5.32 Å². The maximum atomic E-state index is 12.0. The molecule has 0 heterocycles. The summed E-state index contributed by atoms with van der Waals surface area (Å²) in [5.74, 6) is -0.00737. The average molecular weight is 316 g/mol. The van der Waals surface area contributed by atoms with Gasteiger partial charge in [-0.2, -0.15) is 13.2 Å². The Hall–Kier alpha value is -1.92. The van der Waals surface area contributed by atoms with E-state index in [1.54, 1.807) is 18.2 Å². The van der Waals surface area contributed by atoms with Crippen LogP contribution in [0.2, 0.25) is 0 Å². The molecule has 2 N–H and O–H groups in total. The maximum absolute atomic E-state index is 12.0. The smallest absolute Gasteiger partial charge is 0.405 e. The van der Waals surface area contributed by atoms with Gasteiger partial charge < -0.3 is 15.4 Å². The van der Waals surface area contributed by atoms with Gasteiger partial charge in [-0.25, -0.2) is 0 Å². The lowest BCUT2D eigenvalue weighted by Gasteiger charge is -2.14. The molecule has 1 aromatic carbocycles. The summed E-state index contributed by atoms with van der Waals surface area (Å²) in [6.45, 7) is -1.54. The van der Waals surface area contributed by atoms with Crippen LogP contribution >= 0.6 is 0 Å². The third kappa shape index (κ3) is 5.83. The number of nitrogens with one attached hydrogen (secondary N) is 2. The number of anilines is 1. The zero-order valence-electron chi connectivity index (χ0n) is 12.1. The highest BCUT2D eigenvalue weighted by Crippen LogP contribution is 2.25. The number of benzene rings is 1. The molecule has 22 heavy (non-hydrogen) atoms. The molecule has 1 fully saturated rings. The Kier molecular flexibility index (Phi) is 5.51. The fourth-order valence-corrected chi connectivity index (χ4v) is 2.32. The van der Waals surface area contributed by atoms with E-state index in [0.717, 1.165) is 12.8 Å². The number of hydrogen-bond donors (Lipinski definition) is 2. The fraction of sp³-hybridized carbons (Fsp3) is 0.533. The third-order valence-corrected chi connectivity index (χ3v) is 3.38. The first-order valence-electron chi connectivity index (χ1n) is 7.26. The number of halogens is 3. The van der Waals surface area contributed by atoms with E-state index in [9.17, 15) is 18.0 Å². The van der Waals surface area contributed by atoms with Gasteiger partial charge in [0.15, 0.2) is 0 Å². The Bertz CT molecular complexity index is 500. The van der Waals surface area contributed by atoms with Crippen molar-refractivity contribution in [1.82, 2.24) is 5.32 Å². The fourth-order valence-electron chi connectivity index (χ4n) is 2.32. The van der Waals surface area contributed by atoms with Crippen LogP contribution in [0, 0.1) is 0 Å². The molecule has 7 heteroatoms. The van der Waals surface area contributed by atoms with Crippen LogP contribution in [0.3, 0.4) is 0 Å². The van der Waals surface area contributed by atoms with Crippen LogP contribution in [-0.4, -0.2) is 31.3 Å². The summed E-state index contributed by atoms with van der Waals surface area (Å²) in [4.78, 5) is 11.3. The second-order valence-electron chi connectivity index (χ2n) is 5.30. The molecule has 0 bridgehead atoms. The minimum atomic E-state index is -4.40. The molecule has 0 unspecified atom stereocenters. The van der Waals surface area contributed by atoms with Crippen molar-refractivity contribution in [3.63, 3.8) is 0 Å². The Morgan fingerprint density at radius 1 is 1.27 bits per heavy atom. The minimum Gasteiger partial charge on any atom is -0.490 e. The highest BCUT2D eigenvalue weighted by atomic mass is 19.4. The second-order valence-corrected chi connectivity index (χ2v) is 5.30. The molecule has 1 amide bonds. The first-order chi connectivity index (χ1) is 10.4. The van der Waals surface area contributed by atoms with Crippen LogP contribution < -0.4 is 15.4 Å². The van der Waals surface area contributed by atoms with E-state index in [1.807, 2.05) is 11.4 Å². The van der Waals surface area contributed by atoms with E-state index >= 15 is 0 Å². The van der Waals surface area contributed by atoms with Gasteiger partial charge in [0.25, 0.3) is 0 Å². The number of rotatable bonds is 6. The zero-order valence-corrected chi connectivity index (χ0v) is 12.1. The lowest BCUT2D eigenvalue weighted by Crippen LogP contribution is -2.37. The molecule has 0 atom stereocenters. The SMILES string of the molecule is O=C(CNc1cccc(OC2CCCC2)c1)NCC(F)(F)F. The van der Waals surface area contributed by atoms with Gasteiger partial charge in [-0.1, -0.05) is 6.07 Å². The highest BCUT2D eigenvalue weighted by Gasteiger charge is 2.27. The van der Waals surface area contributed by atoms with Crippen LogP contribution in [0.4, 0.5) is 18.9 Å². The summed E-state index contributed by atoms with van der Waals surface area (Å²) in [7, 11) is 0. The number of carbonyl (C=O) groups excluding carboxylic acids is 1. The average Bonchev–Trinajstić information content (AvgIpc) is 2.95. The molecule has 0 spiro atoms. The Labute approximate surface area is 127 Å². The van der Waals surface area contributed by atoms with E-state index < -0.39 is 18.6 Å². The third-order valence-electron chi connectivity index (χ3n) is 3.38. The molecule has 4 nitrogen and oxygen atoms in total. The molecule has 0 radical (unpaired) electrons. The van der Waals surface area contributed by atoms with E-state index in [0.29, 0.717) is 11.4 Å².